The van der Waals surface area contributed by atoms with Crippen LogP contribution in [-0.2, 0) is 9.53 Å². The van der Waals surface area contributed by atoms with Crippen LogP contribution in [0, 0.1) is 16.2 Å². The van der Waals surface area contributed by atoms with Gasteiger partial charge in [0.25, 0.3) is 0 Å². The topological polar surface area (TPSA) is 29.5 Å². The Morgan fingerprint density at radius 2 is 1.59 bits per heavy atom. The second-order valence-electron chi connectivity index (χ2n) is 6.68. The molecule has 3 nitrogen and oxygen atoms in total. The average molecular weight is 239 g/mol. The lowest BCUT2D eigenvalue weighted by Gasteiger charge is -2.34. The van der Waals surface area contributed by atoms with E-state index in [9.17, 15) is 4.79 Å². The van der Waals surface area contributed by atoms with Crippen molar-refractivity contribution in [1.82, 2.24) is 4.90 Å². The van der Waals surface area contributed by atoms with Gasteiger partial charge in [0.15, 0.2) is 0 Å². The number of likely N-dealkylation sites (tertiary alicyclic amines) is 1. The van der Waals surface area contributed by atoms with E-state index in [1.54, 1.807) is 0 Å². The van der Waals surface area contributed by atoms with Crippen molar-refractivity contribution in [2.24, 2.45) is 16.2 Å². The maximum atomic E-state index is 11.2. The fourth-order valence-electron chi connectivity index (χ4n) is 4.14. The van der Waals surface area contributed by atoms with Crippen LogP contribution in [0.4, 0.5) is 0 Å². The van der Waals surface area contributed by atoms with Crippen molar-refractivity contribution in [3.05, 3.63) is 0 Å². The number of carbonyl (C=O) groups is 1. The van der Waals surface area contributed by atoms with Gasteiger partial charge in [0.05, 0.1) is 13.7 Å². The van der Waals surface area contributed by atoms with Crippen LogP contribution in [0.5, 0.6) is 0 Å². The summed E-state index contributed by atoms with van der Waals surface area (Å²) < 4.78 is 4.72. The summed E-state index contributed by atoms with van der Waals surface area (Å²) in [6.07, 6.45) is 2.42. The molecule has 3 heteroatoms. The first-order chi connectivity index (χ1) is 7.78. The zero-order chi connectivity index (χ0) is 12.9. The van der Waals surface area contributed by atoms with Crippen molar-refractivity contribution in [3.63, 3.8) is 0 Å². The highest BCUT2D eigenvalue weighted by atomic mass is 16.5. The lowest BCUT2D eigenvalue weighted by molar-refractivity contribution is -0.142. The minimum atomic E-state index is -0.115. The van der Waals surface area contributed by atoms with Crippen LogP contribution < -0.4 is 0 Å². The summed E-state index contributed by atoms with van der Waals surface area (Å²) in [7, 11) is 1.46. The van der Waals surface area contributed by atoms with E-state index in [1.165, 1.54) is 20.0 Å². The Morgan fingerprint density at radius 3 is 1.94 bits per heavy atom. The third-order valence-corrected chi connectivity index (χ3v) is 6.18. The Morgan fingerprint density at radius 1 is 1.12 bits per heavy atom. The standard InChI is InChI=1S/C14H25NO2/c1-12(2)13(3,4)14(12)6-8-15(9-7-14)10-11(16)17-5/h6-10H2,1-5H3. The van der Waals surface area contributed by atoms with Crippen LogP contribution in [-0.4, -0.2) is 37.6 Å². The fraction of sp³-hybridized carbons (Fsp3) is 0.929. The Kier molecular flexibility index (Phi) is 2.81. The molecule has 1 aliphatic carbocycles. The predicted octanol–water partition coefficient (Wildman–Crippen LogP) is 2.31. The molecule has 0 amide bonds. The van der Waals surface area contributed by atoms with Crippen molar-refractivity contribution in [2.75, 3.05) is 26.7 Å². The normalized spacial score (nSPS) is 29.0. The summed E-state index contributed by atoms with van der Waals surface area (Å²) in [5.74, 6) is -0.115. The zero-order valence-corrected chi connectivity index (χ0v) is 11.8. The molecule has 2 aliphatic rings. The lowest BCUT2D eigenvalue weighted by Crippen LogP contribution is -2.40. The molecule has 0 aromatic carbocycles. The minimum Gasteiger partial charge on any atom is -0.468 e. The van der Waals surface area contributed by atoms with Gasteiger partial charge in [-0.05, 0) is 42.2 Å². The molecule has 1 heterocycles. The Hall–Kier alpha value is -0.570. The number of hydrogen-bond donors (Lipinski definition) is 0. The van der Waals surface area contributed by atoms with E-state index in [4.69, 9.17) is 4.74 Å². The van der Waals surface area contributed by atoms with Crippen LogP contribution in [0.3, 0.4) is 0 Å². The molecular formula is C14H25NO2. The summed E-state index contributed by atoms with van der Waals surface area (Å²) in [4.78, 5) is 13.5. The van der Waals surface area contributed by atoms with Gasteiger partial charge < -0.3 is 4.74 Å². The summed E-state index contributed by atoms with van der Waals surface area (Å²) in [6, 6.07) is 0. The zero-order valence-electron chi connectivity index (χ0n) is 11.8. The number of esters is 1. The molecule has 0 N–H and O–H groups in total. The first-order valence-corrected chi connectivity index (χ1v) is 6.58. The number of nitrogens with zero attached hydrogens (tertiary/aromatic N) is 1. The molecule has 0 aromatic rings. The van der Waals surface area contributed by atoms with Gasteiger partial charge in [-0.1, -0.05) is 27.7 Å². The smallest absolute Gasteiger partial charge is 0.319 e. The van der Waals surface area contributed by atoms with Gasteiger partial charge in [0, 0.05) is 0 Å². The first kappa shape index (κ1) is 12.9. The molecular weight excluding hydrogens is 214 g/mol. The molecule has 0 aromatic heterocycles. The molecule has 2 rings (SSSR count). The van der Waals surface area contributed by atoms with E-state index in [1.807, 2.05) is 0 Å². The number of ether oxygens (including phenoxy) is 1. The van der Waals surface area contributed by atoms with Gasteiger partial charge in [-0.15, -0.1) is 0 Å². The van der Waals surface area contributed by atoms with Gasteiger partial charge in [-0.25, -0.2) is 0 Å². The van der Waals surface area contributed by atoms with E-state index in [0.29, 0.717) is 22.8 Å². The number of hydrogen-bond acceptors (Lipinski definition) is 3. The molecule has 1 saturated carbocycles. The van der Waals surface area contributed by atoms with Crippen LogP contribution >= 0.6 is 0 Å². The van der Waals surface area contributed by atoms with E-state index < -0.39 is 0 Å². The highest BCUT2D eigenvalue weighted by Gasteiger charge is 2.75. The second kappa shape index (κ2) is 3.71. The molecule has 1 spiro atoms. The largest absolute Gasteiger partial charge is 0.468 e. The lowest BCUT2D eigenvalue weighted by atomic mass is 9.84. The summed E-state index contributed by atoms with van der Waals surface area (Å²) >= 11 is 0. The second-order valence-corrected chi connectivity index (χ2v) is 6.68. The highest BCUT2D eigenvalue weighted by molar-refractivity contribution is 5.71. The van der Waals surface area contributed by atoms with Crippen molar-refractivity contribution in [3.8, 4) is 0 Å². The predicted molar refractivity (Wildman–Crippen MR) is 67.7 cm³/mol. The SMILES string of the molecule is COC(=O)CN1CCC2(CC1)C(C)(C)C2(C)C. The Labute approximate surface area is 105 Å². The van der Waals surface area contributed by atoms with Gasteiger partial charge in [-0.3, -0.25) is 9.69 Å². The van der Waals surface area contributed by atoms with Crippen LogP contribution in [0.25, 0.3) is 0 Å². The third kappa shape index (κ3) is 1.55. The van der Waals surface area contributed by atoms with Crippen LogP contribution in [0.1, 0.15) is 40.5 Å². The molecule has 0 atom stereocenters. The summed E-state index contributed by atoms with van der Waals surface area (Å²) in [5, 5.41) is 0. The van der Waals surface area contributed by atoms with E-state index in [2.05, 4.69) is 32.6 Å². The Bertz CT molecular complexity index is 309. The van der Waals surface area contributed by atoms with E-state index in [-0.39, 0.29) is 5.97 Å². The Balaban J connectivity index is 1.94. The van der Waals surface area contributed by atoms with Gasteiger partial charge in [0.2, 0.25) is 0 Å². The van der Waals surface area contributed by atoms with Crippen molar-refractivity contribution < 1.29 is 9.53 Å². The molecule has 98 valence electrons. The van der Waals surface area contributed by atoms with Crippen LogP contribution in [0.2, 0.25) is 0 Å². The molecule has 2 fully saturated rings. The summed E-state index contributed by atoms with van der Waals surface area (Å²) in [5.41, 5.74) is 1.38. The van der Waals surface area contributed by atoms with Crippen LogP contribution in [0.15, 0.2) is 0 Å². The molecule has 1 aliphatic heterocycles. The fourth-order valence-corrected chi connectivity index (χ4v) is 4.14. The van der Waals surface area contributed by atoms with Gasteiger partial charge >= 0.3 is 5.97 Å². The maximum Gasteiger partial charge on any atom is 0.319 e. The van der Waals surface area contributed by atoms with Gasteiger partial charge in [-0.2, -0.15) is 0 Å². The van der Waals surface area contributed by atoms with E-state index in [0.717, 1.165) is 13.1 Å². The highest BCUT2D eigenvalue weighted by Crippen LogP contribution is 2.81. The number of rotatable bonds is 2. The third-order valence-electron chi connectivity index (χ3n) is 6.18. The number of piperidine rings is 1. The first-order valence-electron chi connectivity index (χ1n) is 6.58. The molecule has 0 bridgehead atoms. The van der Waals surface area contributed by atoms with Crippen molar-refractivity contribution in [1.29, 1.82) is 0 Å². The molecule has 0 unspecified atom stereocenters. The molecule has 17 heavy (non-hydrogen) atoms. The molecule has 0 radical (unpaired) electrons. The number of carbonyl (C=O) groups excluding carboxylic acids is 1. The quantitative estimate of drug-likeness (QED) is 0.693. The van der Waals surface area contributed by atoms with Crippen molar-refractivity contribution in [2.45, 2.75) is 40.5 Å². The average Bonchev–Trinajstić information content (AvgIpc) is 2.60. The number of methoxy groups -OCH3 is 1. The maximum absolute atomic E-state index is 11.2. The summed E-state index contributed by atoms with van der Waals surface area (Å²) in [6.45, 7) is 12.1. The van der Waals surface area contributed by atoms with Crippen molar-refractivity contribution >= 4 is 5.97 Å². The van der Waals surface area contributed by atoms with Gasteiger partial charge in [0.1, 0.15) is 0 Å². The van der Waals surface area contributed by atoms with E-state index >= 15 is 0 Å². The monoisotopic (exact) mass is 239 g/mol. The minimum absolute atomic E-state index is 0.115. The molecule has 1 saturated heterocycles.